The molecule has 0 N–H and O–H groups in total. The molecule has 0 bridgehead atoms. The number of hydrogen-bond donors (Lipinski definition) is 1. The number of carbonyl (C=O) groups excluding carboxylic acids is 1. The van der Waals surface area contributed by atoms with Crippen LogP contribution >= 0.6 is 12.6 Å². The third-order valence-corrected chi connectivity index (χ3v) is 2.01. The Morgan fingerprint density at radius 1 is 1.27 bits per heavy atom. The van der Waals surface area contributed by atoms with Gasteiger partial charge in [0.25, 0.3) is 0 Å². The fourth-order valence-corrected chi connectivity index (χ4v) is 1.01. The predicted octanol–water partition coefficient (Wildman–Crippen LogP) is 2.37. The van der Waals surface area contributed by atoms with Crippen LogP contribution in [0.15, 0.2) is 18.2 Å². The van der Waals surface area contributed by atoms with Gasteiger partial charge in [-0.3, -0.25) is 4.79 Å². The van der Waals surface area contributed by atoms with Crippen molar-refractivity contribution in [2.24, 2.45) is 0 Å². The van der Waals surface area contributed by atoms with Crippen molar-refractivity contribution in [2.45, 2.75) is 13.8 Å². The van der Waals surface area contributed by atoms with Gasteiger partial charge in [0.1, 0.15) is 0 Å². The zero-order valence-corrected chi connectivity index (χ0v) is 7.48. The molecule has 1 aromatic carbocycles. The Labute approximate surface area is 71.8 Å². The molecule has 0 fully saturated rings. The molecule has 0 heterocycles. The summed E-state index contributed by atoms with van der Waals surface area (Å²) < 4.78 is 0. The second-order valence-corrected chi connectivity index (χ2v) is 3.01. The molecule has 1 nitrogen and oxygen atoms in total. The van der Waals surface area contributed by atoms with Gasteiger partial charge in [0.2, 0.25) is 5.12 Å². The lowest BCUT2D eigenvalue weighted by Crippen LogP contribution is -1.90. The zero-order valence-electron chi connectivity index (χ0n) is 6.59. The molecule has 0 spiro atoms. The molecule has 2 heteroatoms. The molecule has 0 aliphatic heterocycles. The Morgan fingerprint density at radius 3 is 2.36 bits per heavy atom. The van der Waals surface area contributed by atoms with Crippen LogP contribution in [0.4, 0.5) is 0 Å². The van der Waals surface area contributed by atoms with Crippen molar-refractivity contribution < 1.29 is 4.79 Å². The zero-order chi connectivity index (χ0) is 8.43. The first-order chi connectivity index (χ1) is 5.11. The minimum Gasteiger partial charge on any atom is -0.282 e. The number of carbonyl (C=O) groups is 1. The Balaban J connectivity index is 3.15. The van der Waals surface area contributed by atoms with Gasteiger partial charge >= 0.3 is 0 Å². The van der Waals surface area contributed by atoms with Crippen LogP contribution in [0.5, 0.6) is 0 Å². The van der Waals surface area contributed by atoms with Gasteiger partial charge in [-0.15, -0.1) is 12.6 Å². The van der Waals surface area contributed by atoms with Gasteiger partial charge < -0.3 is 0 Å². The minimum atomic E-state index is -0.173. The Bertz CT molecular complexity index is 292. The molecule has 58 valence electrons. The van der Waals surface area contributed by atoms with Gasteiger partial charge in [0.05, 0.1) is 0 Å². The Kier molecular flexibility index (Phi) is 2.35. The van der Waals surface area contributed by atoms with Crippen LogP contribution in [0.1, 0.15) is 21.5 Å². The van der Waals surface area contributed by atoms with Gasteiger partial charge in [-0.1, -0.05) is 12.1 Å². The maximum Gasteiger partial charge on any atom is 0.216 e. The van der Waals surface area contributed by atoms with E-state index in [1.54, 1.807) is 6.07 Å². The Hall–Kier alpha value is -0.760. The van der Waals surface area contributed by atoms with E-state index in [9.17, 15) is 4.79 Å². The summed E-state index contributed by atoms with van der Waals surface area (Å²) in [6, 6.07) is 5.57. The van der Waals surface area contributed by atoms with Crippen molar-refractivity contribution in [1.82, 2.24) is 0 Å². The second kappa shape index (κ2) is 3.09. The third kappa shape index (κ3) is 1.84. The molecular weight excluding hydrogens is 156 g/mol. The largest absolute Gasteiger partial charge is 0.282 e. The fraction of sp³-hybridized carbons (Fsp3) is 0.222. The van der Waals surface area contributed by atoms with Crippen LogP contribution in [0, 0.1) is 13.8 Å². The molecule has 0 unspecified atom stereocenters. The monoisotopic (exact) mass is 166 g/mol. The van der Waals surface area contributed by atoms with Crippen LogP contribution in [-0.4, -0.2) is 5.12 Å². The van der Waals surface area contributed by atoms with E-state index in [0.717, 1.165) is 5.56 Å². The maximum atomic E-state index is 10.8. The molecule has 0 atom stereocenters. The van der Waals surface area contributed by atoms with Gasteiger partial charge in [0, 0.05) is 5.56 Å². The summed E-state index contributed by atoms with van der Waals surface area (Å²) >= 11 is 3.73. The highest BCUT2D eigenvalue weighted by atomic mass is 32.1. The molecule has 1 rings (SSSR count). The van der Waals surface area contributed by atoms with Crippen LogP contribution in [-0.2, 0) is 0 Å². The van der Waals surface area contributed by atoms with Gasteiger partial charge in [0.15, 0.2) is 0 Å². The third-order valence-electron chi connectivity index (χ3n) is 1.75. The number of aryl methyl sites for hydroxylation is 2. The van der Waals surface area contributed by atoms with E-state index < -0.39 is 0 Å². The summed E-state index contributed by atoms with van der Waals surface area (Å²) in [5, 5.41) is -0.173. The SMILES string of the molecule is Cc1ccc(C(=O)S)cc1C. The smallest absolute Gasteiger partial charge is 0.216 e. The maximum absolute atomic E-state index is 10.8. The van der Waals surface area contributed by atoms with Gasteiger partial charge in [-0.2, -0.15) is 0 Å². The van der Waals surface area contributed by atoms with Gasteiger partial charge in [-0.25, -0.2) is 0 Å². The van der Waals surface area contributed by atoms with E-state index in [1.165, 1.54) is 5.56 Å². The lowest BCUT2D eigenvalue weighted by molar-refractivity contribution is 0.109. The number of thiol groups is 1. The van der Waals surface area contributed by atoms with Crippen molar-refractivity contribution in [1.29, 1.82) is 0 Å². The summed E-state index contributed by atoms with van der Waals surface area (Å²) in [5.41, 5.74) is 2.99. The molecule has 0 saturated heterocycles. The first-order valence-corrected chi connectivity index (χ1v) is 3.86. The summed E-state index contributed by atoms with van der Waals surface area (Å²) in [6.45, 7) is 4.00. The second-order valence-electron chi connectivity index (χ2n) is 2.60. The van der Waals surface area contributed by atoms with E-state index in [0.29, 0.717) is 5.56 Å². The molecule has 0 aromatic heterocycles. The minimum absolute atomic E-state index is 0.173. The highest BCUT2D eigenvalue weighted by molar-refractivity contribution is 7.97. The van der Waals surface area contributed by atoms with Crippen LogP contribution in [0.25, 0.3) is 0 Å². The number of benzene rings is 1. The Morgan fingerprint density at radius 2 is 1.91 bits per heavy atom. The molecular formula is C9H10OS. The van der Waals surface area contributed by atoms with Crippen LogP contribution in [0.3, 0.4) is 0 Å². The average Bonchev–Trinajstić information content (AvgIpc) is 1.94. The molecule has 11 heavy (non-hydrogen) atoms. The van der Waals surface area contributed by atoms with E-state index in [-0.39, 0.29) is 5.12 Å². The van der Waals surface area contributed by atoms with Crippen molar-refractivity contribution in [3.05, 3.63) is 34.9 Å². The fourth-order valence-electron chi connectivity index (χ4n) is 0.874. The standard InChI is InChI=1S/C9H10OS/c1-6-3-4-8(9(10)11)5-7(6)2/h3-5H,1-2H3,(H,10,11). The quantitative estimate of drug-likeness (QED) is 0.634. The van der Waals surface area contributed by atoms with Crippen molar-refractivity contribution >= 4 is 17.7 Å². The molecule has 0 aliphatic rings. The predicted molar refractivity (Wildman–Crippen MR) is 49.2 cm³/mol. The molecule has 0 saturated carbocycles. The van der Waals surface area contributed by atoms with E-state index >= 15 is 0 Å². The van der Waals surface area contributed by atoms with E-state index in [2.05, 4.69) is 12.6 Å². The lowest BCUT2D eigenvalue weighted by atomic mass is 10.1. The molecule has 0 amide bonds. The van der Waals surface area contributed by atoms with E-state index in [4.69, 9.17) is 0 Å². The number of hydrogen-bond acceptors (Lipinski definition) is 1. The van der Waals surface area contributed by atoms with Gasteiger partial charge in [-0.05, 0) is 31.0 Å². The molecule has 1 aromatic rings. The summed E-state index contributed by atoms with van der Waals surface area (Å²) in [4.78, 5) is 10.8. The highest BCUT2D eigenvalue weighted by Gasteiger charge is 2.00. The van der Waals surface area contributed by atoms with Crippen LogP contribution in [0.2, 0.25) is 0 Å². The van der Waals surface area contributed by atoms with Crippen LogP contribution < -0.4 is 0 Å². The topological polar surface area (TPSA) is 17.1 Å². The summed E-state index contributed by atoms with van der Waals surface area (Å²) in [7, 11) is 0. The first kappa shape index (κ1) is 8.34. The van der Waals surface area contributed by atoms with Crippen molar-refractivity contribution in [2.75, 3.05) is 0 Å². The lowest BCUT2D eigenvalue weighted by Gasteiger charge is -2.00. The molecule has 0 aliphatic carbocycles. The summed E-state index contributed by atoms with van der Waals surface area (Å²) in [5.74, 6) is 0. The summed E-state index contributed by atoms with van der Waals surface area (Å²) in [6.07, 6.45) is 0. The normalized spacial score (nSPS) is 9.73. The molecule has 0 radical (unpaired) electrons. The highest BCUT2D eigenvalue weighted by Crippen LogP contribution is 2.10. The average molecular weight is 166 g/mol. The van der Waals surface area contributed by atoms with Crippen molar-refractivity contribution in [3.63, 3.8) is 0 Å². The number of rotatable bonds is 1. The first-order valence-electron chi connectivity index (χ1n) is 3.42. The van der Waals surface area contributed by atoms with Crippen molar-refractivity contribution in [3.8, 4) is 0 Å². The van der Waals surface area contributed by atoms with E-state index in [1.807, 2.05) is 26.0 Å².